The summed E-state index contributed by atoms with van der Waals surface area (Å²) in [7, 11) is 0. The van der Waals surface area contributed by atoms with E-state index in [1.807, 2.05) is 65.6 Å². The largest absolute Gasteiger partial charge is 0.489 e. The highest BCUT2D eigenvalue weighted by Gasteiger charge is 2.50. The highest BCUT2D eigenvalue weighted by molar-refractivity contribution is 5.96. The molecule has 1 unspecified atom stereocenters. The van der Waals surface area contributed by atoms with Gasteiger partial charge in [0.15, 0.2) is 0 Å². The summed E-state index contributed by atoms with van der Waals surface area (Å²) in [6.07, 6.45) is 1.93. The molecule has 2 aliphatic rings. The lowest BCUT2D eigenvalue weighted by molar-refractivity contribution is -0.136. The third-order valence-electron chi connectivity index (χ3n) is 6.81. The van der Waals surface area contributed by atoms with E-state index in [1.165, 1.54) is 0 Å². The van der Waals surface area contributed by atoms with Gasteiger partial charge in [-0.3, -0.25) is 14.8 Å². The van der Waals surface area contributed by atoms with Crippen LogP contribution in [0, 0.1) is 5.41 Å². The van der Waals surface area contributed by atoms with Gasteiger partial charge in [0.1, 0.15) is 12.4 Å². The molecular weight excluding hydrogens is 416 g/mol. The summed E-state index contributed by atoms with van der Waals surface area (Å²) in [5.74, 6) is 0.409. The van der Waals surface area contributed by atoms with Crippen LogP contribution in [-0.2, 0) is 30.8 Å². The minimum Gasteiger partial charge on any atom is -0.489 e. The van der Waals surface area contributed by atoms with Crippen LogP contribution in [0.5, 0.6) is 5.75 Å². The number of hydroxylamine groups is 1. The highest BCUT2D eigenvalue weighted by atomic mass is 16.5. The van der Waals surface area contributed by atoms with Gasteiger partial charge in [-0.1, -0.05) is 54.6 Å². The maximum Gasteiger partial charge on any atom is 0.274 e. The Kier molecular flexibility index (Phi) is 5.60. The van der Waals surface area contributed by atoms with Crippen LogP contribution in [0.25, 0.3) is 0 Å². The predicted octanol–water partition coefficient (Wildman–Crippen LogP) is 3.90. The summed E-state index contributed by atoms with van der Waals surface area (Å²) in [6.45, 7) is 1.77. The topological polar surface area (TPSA) is 78.9 Å². The first-order valence-corrected chi connectivity index (χ1v) is 11.2. The number of ether oxygens (including phenoxy) is 1. The molecule has 1 spiro atoms. The van der Waals surface area contributed by atoms with Crippen molar-refractivity contribution in [2.45, 2.75) is 32.4 Å². The molecular formula is C27H26N2O4. The quantitative estimate of drug-likeness (QED) is 0.448. The molecule has 0 bridgehead atoms. The molecule has 1 heterocycles. The summed E-state index contributed by atoms with van der Waals surface area (Å²) in [6, 6.07) is 23.4. The van der Waals surface area contributed by atoms with E-state index in [0.29, 0.717) is 38.1 Å². The molecule has 168 valence electrons. The van der Waals surface area contributed by atoms with Crippen molar-refractivity contribution in [1.82, 2.24) is 10.4 Å². The van der Waals surface area contributed by atoms with E-state index in [9.17, 15) is 9.59 Å². The summed E-state index contributed by atoms with van der Waals surface area (Å²) in [5, 5.41) is 9.06. The van der Waals surface area contributed by atoms with Crippen molar-refractivity contribution < 1.29 is 19.5 Å². The average molecular weight is 443 g/mol. The zero-order valence-corrected chi connectivity index (χ0v) is 18.3. The monoisotopic (exact) mass is 442 g/mol. The van der Waals surface area contributed by atoms with Crippen molar-refractivity contribution in [1.29, 1.82) is 0 Å². The third-order valence-corrected chi connectivity index (χ3v) is 6.81. The number of carbonyl (C=O) groups excluding carboxylic acids is 2. The number of hydrogen-bond acceptors (Lipinski definition) is 4. The number of likely N-dealkylation sites (tertiary alicyclic amines) is 1. The summed E-state index contributed by atoms with van der Waals surface area (Å²) in [5.41, 5.74) is 5.75. The Morgan fingerprint density at radius 2 is 1.76 bits per heavy atom. The Hall–Kier alpha value is -3.64. The minimum atomic E-state index is -0.527. The molecule has 1 aliphatic heterocycles. The van der Waals surface area contributed by atoms with Crippen molar-refractivity contribution in [2.24, 2.45) is 5.41 Å². The first-order valence-electron chi connectivity index (χ1n) is 11.2. The summed E-state index contributed by atoms with van der Waals surface area (Å²) < 4.78 is 5.86. The lowest BCUT2D eigenvalue weighted by Crippen LogP contribution is -2.35. The van der Waals surface area contributed by atoms with Gasteiger partial charge in [-0.05, 0) is 59.7 Å². The van der Waals surface area contributed by atoms with Gasteiger partial charge >= 0.3 is 0 Å². The number of benzene rings is 3. The molecule has 3 aromatic rings. The van der Waals surface area contributed by atoms with E-state index in [-0.39, 0.29) is 5.91 Å². The zero-order chi connectivity index (χ0) is 22.8. The van der Waals surface area contributed by atoms with Crippen LogP contribution in [0.4, 0.5) is 0 Å². The number of nitrogens with one attached hydrogen (secondary N) is 1. The van der Waals surface area contributed by atoms with E-state index in [1.54, 1.807) is 17.6 Å². The number of amides is 2. The molecule has 2 amide bonds. The summed E-state index contributed by atoms with van der Waals surface area (Å²) in [4.78, 5) is 27.4. The lowest BCUT2D eigenvalue weighted by atomic mass is 9.83. The van der Waals surface area contributed by atoms with Gasteiger partial charge in [-0.25, -0.2) is 5.48 Å². The van der Waals surface area contributed by atoms with E-state index in [0.717, 1.165) is 34.4 Å². The number of fused-ring (bicyclic) bond motifs is 1. The fourth-order valence-electron chi connectivity index (χ4n) is 5.07. The average Bonchev–Trinajstić information content (AvgIpc) is 3.38. The fourth-order valence-corrected chi connectivity index (χ4v) is 5.07. The first kappa shape index (κ1) is 21.2. The number of rotatable bonds is 6. The molecule has 1 aliphatic carbocycles. The number of nitrogens with zero attached hydrogens (tertiary/aromatic N) is 1. The molecule has 3 aromatic carbocycles. The van der Waals surface area contributed by atoms with Crippen LogP contribution < -0.4 is 10.2 Å². The Morgan fingerprint density at radius 3 is 2.52 bits per heavy atom. The van der Waals surface area contributed by atoms with E-state index in [2.05, 4.69) is 0 Å². The Labute approximate surface area is 192 Å². The Bertz CT molecular complexity index is 1180. The maximum atomic E-state index is 13.4. The SMILES string of the molecule is O=C(NO)c1cccc2c1CC1(CCN(Cc3ccc(OCc4ccccc4)cc3)C1=O)C2. The molecule has 0 radical (unpaired) electrons. The fraction of sp³-hybridized carbons (Fsp3) is 0.259. The van der Waals surface area contributed by atoms with E-state index >= 15 is 0 Å². The van der Waals surface area contributed by atoms with Gasteiger partial charge < -0.3 is 9.64 Å². The van der Waals surface area contributed by atoms with Gasteiger partial charge in [0.2, 0.25) is 5.91 Å². The second-order valence-corrected chi connectivity index (χ2v) is 8.91. The predicted molar refractivity (Wildman–Crippen MR) is 123 cm³/mol. The van der Waals surface area contributed by atoms with Crippen molar-refractivity contribution in [3.8, 4) is 5.75 Å². The van der Waals surface area contributed by atoms with Crippen LogP contribution >= 0.6 is 0 Å². The molecule has 33 heavy (non-hydrogen) atoms. The van der Waals surface area contributed by atoms with Crippen LogP contribution in [-0.4, -0.2) is 28.5 Å². The van der Waals surface area contributed by atoms with Gasteiger partial charge in [0, 0.05) is 18.7 Å². The van der Waals surface area contributed by atoms with Crippen molar-refractivity contribution in [2.75, 3.05) is 6.54 Å². The molecule has 1 fully saturated rings. The smallest absolute Gasteiger partial charge is 0.274 e. The minimum absolute atomic E-state index is 0.137. The van der Waals surface area contributed by atoms with Crippen molar-refractivity contribution in [3.05, 3.63) is 101 Å². The molecule has 5 rings (SSSR count). The zero-order valence-electron chi connectivity index (χ0n) is 18.3. The standard InChI is InChI=1S/C27H26N2O4/c30-25(28-32)23-8-4-7-21-15-27(16-24(21)23)13-14-29(26(27)31)17-19-9-11-22(12-10-19)33-18-20-5-2-1-3-6-20/h1-12,32H,13-18H2,(H,28,30). The lowest BCUT2D eigenvalue weighted by Gasteiger charge is -2.23. The van der Waals surface area contributed by atoms with Gasteiger partial charge in [0.05, 0.1) is 5.41 Å². The van der Waals surface area contributed by atoms with Crippen molar-refractivity contribution in [3.63, 3.8) is 0 Å². The van der Waals surface area contributed by atoms with Crippen molar-refractivity contribution >= 4 is 11.8 Å². The second-order valence-electron chi connectivity index (χ2n) is 8.91. The number of carbonyl (C=O) groups is 2. The Balaban J connectivity index is 1.23. The van der Waals surface area contributed by atoms with Crippen LogP contribution in [0.3, 0.4) is 0 Å². The molecule has 6 nitrogen and oxygen atoms in total. The van der Waals surface area contributed by atoms with Gasteiger partial charge in [0.25, 0.3) is 5.91 Å². The van der Waals surface area contributed by atoms with Crippen LogP contribution in [0.1, 0.15) is 39.0 Å². The van der Waals surface area contributed by atoms with E-state index < -0.39 is 11.3 Å². The third kappa shape index (κ3) is 4.10. The number of hydrogen-bond donors (Lipinski definition) is 2. The molecule has 1 saturated heterocycles. The van der Waals surface area contributed by atoms with Gasteiger partial charge in [-0.15, -0.1) is 0 Å². The Morgan fingerprint density at radius 1 is 0.970 bits per heavy atom. The summed E-state index contributed by atoms with van der Waals surface area (Å²) >= 11 is 0. The molecule has 0 saturated carbocycles. The molecule has 2 N–H and O–H groups in total. The van der Waals surface area contributed by atoms with Gasteiger partial charge in [-0.2, -0.15) is 0 Å². The molecule has 1 atom stereocenters. The second kappa shape index (κ2) is 8.71. The van der Waals surface area contributed by atoms with E-state index in [4.69, 9.17) is 9.94 Å². The molecule has 6 heteroatoms. The highest BCUT2D eigenvalue weighted by Crippen LogP contribution is 2.46. The van der Waals surface area contributed by atoms with Crippen LogP contribution in [0.15, 0.2) is 72.8 Å². The normalized spacial score (nSPS) is 19.1. The van der Waals surface area contributed by atoms with Crippen LogP contribution in [0.2, 0.25) is 0 Å². The first-order chi connectivity index (χ1) is 16.1. The molecule has 0 aromatic heterocycles. The maximum absolute atomic E-state index is 13.4.